The quantitative estimate of drug-likeness (QED) is 0.544. The van der Waals surface area contributed by atoms with Crippen molar-refractivity contribution in [2.75, 3.05) is 20.7 Å². The van der Waals surface area contributed by atoms with Crippen LogP contribution in [-0.2, 0) is 14.3 Å². The molecule has 0 bridgehead atoms. The van der Waals surface area contributed by atoms with Crippen LogP contribution in [0.3, 0.4) is 0 Å². The van der Waals surface area contributed by atoms with Crippen LogP contribution >= 0.6 is 0 Å². The van der Waals surface area contributed by atoms with Crippen molar-refractivity contribution in [3.63, 3.8) is 0 Å². The van der Waals surface area contributed by atoms with E-state index in [1.54, 1.807) is 27.8 Å². The zero-order valence-corrected chi connectivity index (χ0v) is 10.4. The molecule has 0 N–H and O–H groups in total. The highest BCUT2D eigenvalue weighted by molar-refractivity contribution is 5.81. The fourth-order valence-electron chi connectivity index (χ4n) is 0.789. The summed E-state index contributed by atoms with van der Waals surface area (Å²) in [4.78, 5) is 23.6. The van der Waals surface area contributed by atoms with Crippen LogP contribution in [0.4, 0.5) is 4.79 Å². The van der Waals surface area contributed by atoms with Crippen molar-refractivity contribution in [1.29, 1.82) is 0 Å². The van der Waals surface area contributed by atoms with Crippen LogP contribution in [0.2, 0.25) is 0 Å². The predicted octanol–water partition coefficient (Wildman–Crippen LogP) is 1.58. The average Bonchev–Trinajstić information content (AvgIpc) is 2.14. The van der Waals surface area contributed by atoms with Gasteiger partial charge in [-0.2, -0.15) is 0 Å². The first-order valence-electron chi connectivity index (χ1n) is 4.95. The van der Waals surface area contributed by atoms with Crippen molar-refractivity contribution in [2.45, 2.75) is 26.4 Å². The smallest absolute Gasteiger partial charge is 0.410 e. The highest BCUT2D eigenvalue weighted by Gasteiger charge is 2.18. The second-order valence-electron chi connectivity index (χ2n) is 4.29. The summed E-state index contributed by atoms with van der Waals surface area (Å²) in [7, 11) is 2.89. The summed E-state index contributed by atoms with van der Waals surface area (Å²) >= 11 is 0. The number of esters is 1. The van der Waals surface area contributed by atoms with Gasteiger partial charge >= 0.3 is 12.1 Å². The Morgan fingerprint density at radius 1 is 1.31 bits per heavy atom. The molecule has 0 aromatic rings. The first kappa shape index (κ1) is 14.5. The molecule has 0 aromatic heterocycles. The van der Waals surface area contributed by atoms with Gasteiger partial charge in [-0.1, -0.05) is 6.08 Å². The van der Waals surface area contributed by atoms with E-state index in [0.29, 0.717) is 6.54 Å². The van der Waals surface area contributed by atoms with Crippen LogP contribution in [-0.4, -0.2) is 43.3 Å². The number of amides is 1. The fourth-order valence-corrected chi connectivity index (χ4v) is 0.789. The molecule has 0 atom stereocenters. The Morgan fingerprint density at radius 3 is 2.31 bits per heavy atom. The zero-order chi connectivity index (χ0) is 12.8. The Balaban J connectivity index is 4.07. The van der Waals surface area contributed by atoms with E-state index in [1.807, 2.05) is 0 Å². The SMILES string of the molecule is COC(=O)C=CCN(C)C(=O)OC(C)(C)C. The third kappa shape index (κ3) is 6.86. The van der Waals surface area contributed by atoms with Crippen molar-refractivity contribution in [3.8, 4) is 0 Å². The van der Waals surface area contributed by atoms with Crippen LogP contribution in [0, 0.1) is 0 Å². The van der Waals surface area contributed by atoms with E-state index in [4.69, 9.17) is 4.74 Å². The average molecular weight is 229 g/mol. The molecule has 92 valence electrons. The second-order valence-corrected chi connectivity index (χ2v) is 4.29. The lowest BCUT2D eigenvalue weighted by Crippen LogP contribution is -2.34. The summed E-state index contributed by atoms with van der Waals surface area (Å²) < 4.78 is 9.53. The molecule has 5 nitrogen and oxygen atoms in total. The molecule has 0 aromatic carbocycles. The van der Waals surface area contributed by atoms with Gasteiger partial charge in [-0.05, 0) is 20.8 Å². The van der Waals surface area contributed by atoms with Gasteiger partial charge in [0, 0.05) is 19.7 Å². The van der Waals surface area contributed by atoms with E-state index in [9.17, 15) is 9.59 Å². The summed E-state index contributed by atoms with van der Waals surface area (Å²) in [5.74, 6) is -0.447. The lowest BCUT2D eigenvalue weighted by atomic mass is 10.2. The number of likely N-dealkylation sites (N-methyl/N-ethyl adjacent to an activating group) is 1. The van der Waals surface area contributed by atoms with Gasteiger partial charge in [-0.15, -0.1) is 0 Å². The molecule has 0 heterocycles. The maximum absolute atomic E-state index is 11.5. The van der Waals surface area contributed by atoms with E-state index in [-0.39, 0.29) is 0 Å². The maximum Gasteiger partial charge on any atom is 0.410 e. The van der Waals surface area contributed by atoms with Crippen LogP contribution in [0.1, 0.15) is 20.8 Å². The predicted molar refractivity (Wildman–Crippen MR) is 60.0 cm³/mol. The molecule has 0 aliphatic carbocycles. The fraction of sp³-hybridized carbons (Fsp3) is 0.636. The Labute approximate surface area is 96.0 Å². The molecule has 0 spiro atoms. The molecule has 16 heavy (non-hydrogen) atoms. The monoisotopic (exact) mass is 229 g/mol. The largest absolute Gasteiger partial charge is 0.466 e. The Hall–Kier alpha value is -1.52. The van der Waals surface area contributed by atoms with Gasteiger partial charge in [-0.25, -0.2) is 9.59 Å². The van der Waals surface area contributed by atoms with Gasteiger partial charge in [0.25, 0.3) is 0 Å². The molecule has 0 aliphatic rings. The molecule has 0 rings (SSSR count). The summed E-state index contributed by atoms with van der Waals surface area (Å²) in [5.41, 5.74) is -0.516. The molecule has 0 saturated heterocycles. The number of methoxy groups -OCH3 is 1. The minimum Gasteiger partial charge on any atom is -0.466 e. The Morgan fingerprint density at radius 2 is 1.88 bits per heavy atom. The van der Waals surface area contributed by atoms with Gasteiger partial charge in [0.1, 0.15) is 5.60 Å². The highest BCUT2D eigenvalue weighted by atomic mass is 16.6. The van der Waals surface area contributed by atoms with Crippen LogP contribution in [0.25, 0.3) is 0 Å². The van der Waals surface area contributed by atoms with E-state index < -0.39 is 17.7 Å². The molecule has 0 saturated carbocycles. The van der Waals surface area contributed by atoms with E-state index in [2.05, 4.69) is 4.74 Å². The summed E-state index contributed by atoms with van der Waals surface area (Å²) in [6.07, 6.45) is 2.37. The van der Waals surface area contributed by atoms with Gasteiger partial charge in [0.2, 0.25) is 0 Å². The number of ether oxygens (including phenoxy) is 2. The number of carbonyl (C=O) groups excluding carboxylic acids is 2. The van der Waals surface area contributed by atoms with Gasteiger partial charge in [0.05, 0.1) is 7.11 Å². The minimum absolute atomic E-state index is 0.296. The van der Waals surface area contributed by atoms with Crippen molar-refractivity contribution >= 4 is 12.1 Å². The molecule has 0 radical (unpaired) electrons. The third-order valence-corrected chi connectivity index (χ3v) is 1.54. The van der Waals surface area contributed by atoms with Crippen LogP contribution in [0.15, 0.2) is 12.2 Å². The van der Waals surface area contributed by atoms with Crippen molar-refractivity contribution in [3.05, 3.63) is 12.2 Å². The second kappa shape index (κ2) is 6.15. The molecule has 0 unspecified atom stereocenters. The number of nitrogens with zero attached hydrogens (tertiary/aromatic N) is 1. The van der Waals surface area contributed by atoms with Crippen LogP contribution in [0.5, 0.6) is 0 Å². The number of hydrogen-bond acceptors (Lipinski definition) is 4. The lowest BCUT2D eigenvalue weighted by molar-refractivity contribution is -0.134. The van der Waals surface area contributed by atoms with Crippen molar-refractivity contribution < 1.29 is 19.1 Å². The number of hydrogen-bond donors (Lipinski definition) is 0. The molecule has 0 aliphatic heterocycles. The lowest BCUT2D eigenvalue weighted by Gasteiger charge is -2.23. The molecule has 0 fully saturated rings. The Bertz CT molecular complexity index is 278. The van der Waals surface area contributed by atoms with Crippen molar-refractivity contribution in [1.82, 2.24) is 4.90 Å². The zero-order valence-electron chi connectivity index (χ0n) is 10.4. The van der Waals surface area contributed by atoms with Gasteiger partial charge in [0.15, 0.2) is 0 Å². The van der Waals surface area contributed by atoms with Gasteiger partial charge in [-0.3, -0.25) is 0 Å². The Kier molecular flexibility index (Phi) is 5.56. The normalized spacial score (nSPS) is 11.3. The molecular weight excluding hydrogens is 210 g/mol. The third-order valence-electron chi connectivity index (χ3n) is 1.54. The topological polar surface area (TPSA) is 55.8 Å². The number of carbonyl (C=O) groups is 2. The maximum atomic E-state index is 11.5. The summed E-state index contributed by atoms with van der Waals surface area (Å²) in [6.45, 7) is 5.68. The van der Waals surface area contributed by atoms with Crippen molar-refractivity contribution in [2.24, 2.45) is 0 Å². The van der Waals surface area contributed by atoms with Crippen LogP contribution < -0.4 is 0 Å². The van der Waals surface area contributed by atoms with E-state index in [0.717, 1.165) is 0 Å². The highest BCUT2D eigenvalue weighted by Crippen LogP contribution is 2.08. The van der Waals surface area contributed by atoms with E-state index >= 15 is 0 Å². The van der Waals surface area contributed by atoms with Gasteiger partial charge < -0.3 is 14.4 Å². The minimum atomic E-state index is -0.516. The number of rotatable bonds is 3. The first-order valence-corrected chi connectivity index (χ1v) is 4.95. The summed E-state index contributed by atoms with van der Waals surface area (Å²) in [5, 5.41) is 0. The molecule has 5 heteroatoms. The standard InChI is InChI=1S/C11H19NO4/c1-11(2,3)16-10(14)12(4)8-6-7-9(13)15-5/h6-7H,8H2,1-5H3. The summed E-state index contributed by atoms with van der Waals surface area (Å²) in [6, 6.07) is 0. The van der Waals surface area contributed by atoms with E-state index in [1.165, 1.54) is 24.2 Å². The molecular formula is C11H19NO4. The first-order chi connectivity index (χ1) is 7.26. The molecule has 1 amide bonds.